The van der Waals surface area contributed by atoms with Crippen molar-refractivity contribution in [2.75, 3.05) is 0 Å². The average Bonchev–Trinajstić information content (AvgIpc) is 2.67. The smallest absolute Gasteiger partial charge is 0.335 e. The van der Waals surface area contributed by atoms with E-state index in [0.717, 1.165) is 6.07 Å². The van der Waals surface area contributed by atoms with Gasteiger partial charge < -0.3 is 9.67 Å². The van der Waals surface area contributed by atoms with E-state index >= 15 is 0 Å². The van der Waals surface area contributed by atoms with Gasteiger partial charge in [0.2, 0.25) is 0 Å². The molecule has 7 nitrogen and oxygen atoms in total. The van der Waals surface area contributed by atoms with Gasteiger partial charge in [0, 0.05) is 12.3 Å². The number of carbonyl (C=O) groups is 1. The van der Waals surface area contributed by atoms with Crippen molar-refractivity contribution in [3.63, 3.8) is 0 Å². The summed E-state index contributed by atoms with van der Waals surface area (Å²) in [6.07, 6.45) is 1.40. The molecule has 0 fully saturated rings. The fourth-order valence-electron chi connectivity index (χ4n) is 1.33. The Morgan fingerprint density at radius 3 is 2.82 bits per heavy atom. The number of nitrogens with zero attached hydrogens (tertiary/aromatic N) is 3. The van der Waals surface area contributed by atoms with Crippen LogP contribution in [0.15, 0.2) is 27.8 Å². The van der Waals surface area contributed by atoms with Crippen molar-refractivity contribution < 1.29 is 14.5 Å². The standard InChI is InChI=1S/C10H9N3O4/c1-6-8(12-17-11-6)5-13-3-2-7(10(15)16)4-9(13)14/h2-4H,5H2,1H3,(H,15,16). The predicted molar refractivity (Wildman–Crippen MR) is 55.8 cm³/mol. The lowest BCUT2D eigenvalue weighted by Gasteiger charge is -2.03. The van der Waals surface area contributed by atoms with E-state index in [2.05, 4.69) is 14.9 Å². The Balaban J connectivity index is 2.32. The fraction of sp³-hybridized carbons (Fsp3) is 0.200. The summed E-state index contributed by atoms with van der Waals surface area (Å²) in [7, 11) is 0. The Kier molecular flexibility index (Phi) is 2.73. The summed E-state index contributed by atoms with van der Waals surface area (Å²) in [6.45, 7) is 1.91. The van der Waals surface area contributed by atoms with Gasteiger partial charge in [-0.15, -0.1) is 0 Å². The molecule has 0 atom stereocenters. The van der Waals surface area contributed by atoms with E-state index in [9.17, 15) is 9.59 Å². The van der Waals surface area contributed by atoms with Crippen molar-refractivity contribution in [3.8, 4) is 0 Å². The van der Waals surface area contributed by atoms with Crippen molar-refractivity contribution in [1.82, 2.24) is 14.9 Å². The van der Waals surface area contributed by atoms with Crippen molar-refractivity contribution in [3.05, 3.63) is 45.6 Å². The minimum absolute atomic E-state index is 0.0405. The maximum atomic E-state index is 11.6. The summed E-state index contributed by atoms with van der Waals surface area (Å²) < 4.78 is 5.84. The van der Waals surface area contributed by atoms with Gasteiger partial charge in [0.15, 0.2) is 0 Å². The van der Waals surface area contributed by atoms with Crippen LogP contribution in [0.1, 0.15) is 21.7 Å². The van der Waals surface area contributed by atoms with Crippen LogP contribution in [0.4, 0.5) is 0 Å². The lowest BCUT2D eigenvalue weighted by Crippen LogP contribution is -2.21. The molecule has 88 valence electrons. The van der Waals surface area contributed by atoms with Crippen LogP contribution < -0.4 is 5.56 Å². The maximum Gasteiger partial charge on any atom is 0.335 e. The molecular formula is C10H9N3O4. The monoisotopic (exact) mass is 235 g/mol. The van der Waals surface area contributed by atoms with Gasteiger partial charge in [0.1, 0.15) is 11.4 Å². The van der Waals surface area contributed by atoms with Crippen LogP contribution in [0.2, 0.25) is 0 Å². The highest BCUT2D eigenvalue weighted by Crippen LogP contribution is 2.02. The van der Waals surface area contributed by atoms with Crippen LogP contribution in [-0.2, 0) is 6.54 Å². The van der Waals surface area contributed by atoms with E-state index in [4.69, 9.17) is 5.11 Å². The second-order valence-electron chi connectivity index (χ2n) is 3.48. The van der Waals surface area contributed by atoms with E-state index in [1.165, 1.54) is 16.8 Å². The number of rotatable bonds is 3. The highest BCUT2D eigenvalue weighted by atomic mass is 16.6. The Hall–Kier alpha value is -2.44. The first-order chi connectivity index (χ1) is 8.08. The summed E-state index contributed by atoms with van der Waals surface area (Å²) in [5, 5.41) is 16.0. The van der Waals surface area contributed by atoms with Gasteiger partial charge in [0.05, 0.1) is 12.1 Å². The van der Waals surface area contributed by atoms with Gasteiger partial charge in [-0.3, -0.25) is 4.79 Å². The quantitative estimate of drug-likeness (QED) is 0.820. The highest BCUT2D eigenvalue weighted by Gasteiger charge is 2.09. The molecule has 0 aromatic carbocycles. The molecule has 2 heterocycles. The molecule has 0 aliphatic carbocycles. The van der Waals surface area contributed by atoms with Crippen LogP contribution in [0.5, 0.6) is 0 Å². The van der Waals surface area contributed by atoms with E-state index in [-0.39, 0.29) is 12.1 Å². The molecule has 0 unspecified atom stereocenters. The van der Waals surface area contributed by atoms with Gasteiger partial charge in [-0.05, 0) is 13.0 Å². The Morgan fingerprint density at radius 1 is 1.53 bits per heavy atom. The van der Waals surface area contributed by atoms with Crippen molar-refractivity contribution >= 4 is 5.97 Å². The van der Waals surface area contributed by atoms with E-state index in [1.54, 1.807) is 6.92 Å². The molecule has 0 amide bonds. The second kappa shape index (κ2) is 4.20. The SMILES string of the molecule is Cc1nonc1Cn1ccc(C(=O)O)cc1=O. The Morgan fingerprint density at radius 2 is 2.29 bits per heavy atom. The minimum Gasteiger partial charge on any atom is -0.478 e. The molecule has 0 aliphatic heterocycles. The first-order valence-electron chi connectivity index (χ1n) is 4.80. The van der Waals surface area contributed by atoms with Crippen LogP contribution in [0, 0.1) is 6.92 Å². The zero-order valence-corrected chi connectivity index (χ0v) is 8.95. The van der Waals surface area contributed by atoms with Crippen LogP contribution >= 0.6 is 0 Å². The third-order valence-corrected chi connectivity index (χ3v) is 2.31. The number of aryl methyl sites for hydroxylation is 1. The number of aromatic nitrogens is 3. The molecule has 0 aliphatic rings. The lowest BCUT2D eigenvalue weighted by molar-refractivity contribution is 0.0696. The number of aromatic carboxylic acids is 1. The molecule has 0 radical (unpaired) electrons. The highest BCUT2D eigenvalue weighted by molar-refractivity contribution is 5.87. The van der Waals surface area contributed by atoms with Gasteiger partial charge in [-0.2, -0.15) is 0 Å². The Labute approximate surface area is 95.3 Å². The molecule has 7 heteroatoms. The number of pyridine rings is 1. The zero-order chi connectivity index (χ0) is 12.4. The van der Waals surface area contributed by atoms with Crippen LogP contribution in [-0.4, -0.2) is 26.0 Å². The summed E-state index contributed by atoms with van der Waals surface area (Å²) in [6, 6.07) is 2.41. The number of hydrogen-bond donors (Lipinski definition) is 1. The molecule has 0 bridgehead atoms. The molecule has 2 aromatic rings. The van der Waals surface area contributed by atoms with Gasteiger partial charge in [-0.1, -0.05) is 10.3 Å². The van der Waals surface area contributed by atoms with Crippen molar-refractivity contribution in [2.45, 2.75) is 13.5 Å². The van der Waals surface area contributed by atoms with Crippen LogP contribution in [0.25, 0.3) is 0 Å². The molecule has 0 saturated heterocycles. The van der Waals surface area contributed by atoms with E-state index in [1.807, 2.05) is 0 Å². The summed E-state index contributed by atoms with van der Waals surface area (Å²) in [4.78, 5) is 22.3. The summed E-state index contributed by atoms with van der Waals surface area (Å²) in [5.41, 5.74) is 0.683. The normalized spacial score (nSPS) is 10.4. The molecule has 17 heavy (non-hydrogen) atoms. The zero-order valence-electron chi connectivity index (χ0n) is 8.95. The molecule has 0 saturated carbocycles. The number of carboxylic acids is 1. The predicted octanol–water partition coefficient (Wildman–Crippen LogP) is 0.286. The number of hydrogen-bond acceptors (Lipinski definition) is 5. The lowest BCUT2D eigenvalue weighted by atomic mass is 10.2. The van der Waals surface area contributed by atoms with Crippen molar-refractivity contribution in [2.24, 2.45) is 0 Å². The maximum absolute atomic E-state index is 11.6. The van der Waals surface area contributed by atoms with Gasteiger partial charge in [-0.25, -0.2) is 9.42 Å². The molecule has 2 aromatic heterocycles. The largest absolute Gasteiger partial charge is 0.478 e. The first-order valence-corrected chi connectivity index (χ1v) is 4.80. The van der Waals surface area contributed by atoms with Crippen LogP contribution in [0.3, 0.4) is 0 Å². The molecular weight excluding hydrogens is 226 g/mol. The second-order valence-corrected chi connectivity index (χ2v) is 3.48. The summed E-state index contributed by atoms with van der Waals surface area (Å²) in [5.74, 6) is -1.13. The third-order valence-electron chi connectivity index (χ3n) is 2.31. The number of carboxylic acid groups (broad SMARTS) is 1. The third kappa shape index (κ3) is 2.22. The topological polar surface area (TPSA) is 98.2 Å². The fourth-order valence-corrected chi connectivity index (χ4v) is 1.33. The Bertz CT molecular complexity index is 614. The van der Waals surface area contributed by atoms with E-state index in [0.29, 0.717) is 11.4 Å². The molecule has 1 N–H and O–H groups in total. The van der Waals surface area contributed by atoms with Gasteiger partial charge in [0.25, 0.3) is 5.56 Å². The molecule has 2 rings (SSSR count). The van der Waals surface area contributed by atoms with Gasteiger partial charge >= 0.3 is 5.97 Å². The van der Waals surface area contributed by atoms with Crippen molar-refractivity contribution in [1.29, 1.82) is 0 Å². The minimum atomic E-state index is -1.13. The molecule has 0 spiro atoms. The average molecular weight is 235 g/mol. The first kappa shape index (κ1) is 11.1. The van der Waals surface area contributed by atoms with E-state index < -0.39 is 11.5 Å². The summed E-state index contributed by atoms with van der Waals surface area (Å²) >= 11 is 0.